The van der Waals surface area contributed by atoms with Gasteiger partial charge in [-0.05, 0) is 30.7 Å². The molecule has 3 rings (SSSR count). The highest BCUT2D eigenvalue weighted by atomic mass is 32.2. The molecule has 102 valence electrons. The highest BCUT2D eigenvalue weighted by Gasteiger charge is 2.06. The number of rotatable bonds is 4. The third kappa shape index (κ3) is 2.71. The summed E-state index contributed by atoms with van der Waals surface area (Å²) in [5, 5.41) is 2.35. The topological polar surface area (TPSA) is 54.7 Å². The van der Waals surface area contributed by atoms with Crippen LogP contribution in [0.15, 0.2) is 58.6 Å². The zero-order chi connectivity index (χ0) is 13.9. The zero-order valence-electron chi connectivity index (χ0n) is 11.3. The first kappa shape index (κ1) is 13.2. The maximum absolute atomic E-state index is 5.97. The molecule has 0 spiro atoms. The van der Waals surface area contributed by atoms with Crippen molar-refractivity contribution in [3.8, 4) is 0 Å². The average molecular weight is 283 g/mol. The summed E-state index contributed by atoms with van der Waals surface area (Å²) in [5.41, 5.74) is 8.08. The van der Waals surface area contributed by atoms with Crippen molar-refractivity contribution in [2.24, 2.45) is 5.73 Å². The predicted octanol–water partition coefficient (Wildman–Crippen LogP) is 4.12. The molecule has 4 heteroatoms. The number of hydrogen-bond acceptors (Lipinski definition) is 3. The number of nitrogens with two attached hydrogens (primary N) is 1. The van der Waals surface area contributed by atoms with Gasteiger partial charge < -0.3 is 10.7 Å². The number of para-hydroxylation sites is 1. The van der Waals surface area contributed by atoms with Crippen LogP contribution in [0.2, 0.25) is 0 Å². The van der Waals surface area contributed by atoms with Gasteiger partial charge in [0.15, 0.2) is 0 Å². The van der Waals surface area contributed by atoms with Gasteiger partial charge in [-0.1, -0.05) is 36.9 Å². The Hall–Kier alpha value is -1.78. The van der Waals surface area contributed by atoms with Crippen molar-refractivity contribution < 1.29 is 0 Å². The van der Waals surface area contributed by atoms with Gasteiger partial charge in [0, 0.05) is 28.0 Å². The van der Waals surface area contributed by atoms with Crippen LogP contribution in [0.1, 0.15) is 25.1 Å². The molecule has 1 atom stereocenters. The monoisotopic (exact) mass is 283 g/mol. The molecule has 3 N–H and O–H groups in total. The molecule has 1 aromatic carbocycles. The van der Waals surface area contributed by atoms with E-state index in [2.05, 4.69) is 41.2 Å². The van der Waals surface area contributed by atoms with Gasteiger partial charge in [0.25, 0.3) is 0 Å². The summed E-state index contributed by atoms with van der Waals surface area (Å²) in [6.45, 7) is 2.07. The summed E-state index contributed by atoms with van der Waals surface area (Å²) in [6, 6.07) is 14.6. The normalized spacial score (nSPS) is 12.7. The maximum Gasteiger partial charge on any atom is 0.0781 e. The van der Waals surface area contributed by atoms with E-state index in [1.54, 1.807) is 11.8 Å². The molecule has 0 bridgehead atoms. The highest BCUT2D eigenvalue weighted by molar-refractivity contribution is 7.99. The second kappa shape index (κ2) is 5.69. The van der Waals surface area contributed by atoms with E-state index in [4.69, 9.17) is 5.73 Å². The lowest BCUT2D eigenvalue weighted by molar-refractivity contribution is 0.674. The fraction of sp³-hybridized carbons (Fsp3) is 0.188. The molecular weight excluding hydrogens is 266 g/mol. The molecule has 3 nitrogen and oxygen atoms in total. The largest absolute Gasteiger partial charge is 0.349 e. The molecule has 3 aromatic rings. The second-order valence-electron chi connectivity index (χ2n) is 4.76. The second-order valence-corrected chi connectivity index (χ2v) is 5.87. The van der Waals surface area contributed by atoms with Crippen molar-refractivity contribution in [3.05, 3.63) is 54.4 Å². The number of aromatic nitrogens is 2. The lowest BCUT2D eigenvalue weighted by Crippen LogP contribution is -2.10. The van der Waals surface area contributed by atoms with Crippen LogP contribution in [0.3, 0.4) is 0 Å². The van der Waals surface area contributed by atoms with Crippen LogP contribution in [-0.2, 0) is 0 Å². The van der Waals surface area contributed by atoms with Crippen molar-refractivity contribution in [2.75, 3.05) is 0 Å². The fourth-order valence-corrected chi connectivity index (χ4v) is 2.95. The van der Waals surface area contributed by atoms with Crippen molar-refractivity contribution >= 4 is 22.7 Å². The van der Waals surface area contributed by atoms with Crippen LogP contribution >= 0.6 is 11.8 Å². The van der Waals surface area contributed by atoms with Crippen LogP contribution in [0.5, 0.6) is 0 Å². The molecule has 0 aliphatic carbocycles. The third-order valence-corrected chi connectivity index (χ3v) is 4.23. The Morgan fingerprint density at radius 1 is 1.25 bits per heavy atom. The van der Waals surface area contributed by atoms with Gasteiger partial charge in [0.1, 0.15) is 0 Å². The zero-order valence-corrected chi connectivity index (χ0v) is 12.2. The summed E-state index contributed by atoms with van der Waals surface area (Å²) in [4.78, 5) is 8.96. The van der Waals surface area contributed by atoms with E-state index in [9.17, 15) is 0 Å². The van der Waals surface area contributed by atoms with E-state index in [0.29, 0.717) is 0 Å². The molecule has 0 aliphatic heterocycles. The number of hydrogen-bond donors (Lipinski definition) is 2. The Balaban J connectivity index is 1.80. The van der Waals surface area contributed by atoms with Crippen molar-refractivity contribution in [3.63, 3.8) is 0 Å². The molecule has 0 radical (unpaired) electrons. The fourth-order valence-electron chi connectivity index (χ4n) is 2.11. The van der Waals surface area contributed by atoms with Gasteiger partial charge >= 0.3 is 0 Å². The van der Waals surface area contributed by atoms with E-state index in [1.807, 2.05) is 24.4 Å². The van der Waals surface area contributed by atoms with E-state index in [-0.39, 0.29) is 6.04 Å². The Bertz CT molecular complexity index is 670. The molecule has 0 fully saturated rings. The smallest absolute Gasteiger partial charge is 0.0781 e. The number of nitrogens with zero attached hydrogens (tertiary/aromatic N) is 1. The molecule has 0 amide bonds. The lowest BCUT2D eigenvalue weighted by atomic mass is 10.1. The first-order valence-corrected chi connectivity index (χ1v) is 7.55. The molecule has 0 saturated carbocycles. The van der Waals surface area contributed by atoms with E-state index >= 15 is 0 Å². The number of fused-ring (bicyclic) bond motifs is 1. The van der Waals surface area contributed by atoms with Gasteiger partial charge in [0.05, 0.1) is 10.7 Å². The number of benzene rings is 1. The van der Waals surface area contributed by atoms with Crippen LogP contribution in [0.25, 0.3) is 10.9 Å². The quantitative estimate of drug-likeness (QED) is 0.757. The first-order valence-electron chi connectivity index (χ1n) is 6.73. The van der Waals surface area contributed by atoms with Crippen LogP contribution < -0.4 is 5.73 Å². The summed E-state index contributed by atoms with van der Waals surface area (Å²) < 4.78 is 0. The van der Waals surface area contributed by atoms with Gasteiger partial charge in [0.2, 0.25) is 0 Å². The minimum absolute atomic E-state index is 0.0297. The van der Waals surface area contributed by atoms with Gasteiger partial charge in [-0.25, -0.2) is 0 Å². The minimum atomic E-state index is 0.0297. The molecule has 0 saturated heterocycles. The molecule has 20 heavy (non-hydrogen) atoms. The standard InChI is InChI=1S/C16H17N3S/c1-2-13(17)15-8-7-12(10-18-15)20-16-9-11-5-3-4-6-14(11)19-16/h3-10,13,19H,2,17H2,1H3/t13-/m0/s1. The van der Waals surface area contributed by atoms with Crippen LogP contribution in [0.4, 0.5) is 0 Å². The SMILES string of the molecule is CC[C@H](N)c1ccc(Sc2cc3ccccc3[nH]2)cn1. The number of aromatic amines is 1. The predicted molar refractivity (Wildman–Crippen MR) is 83.9 cm³/mol. The van der Waals surface area contributed by atoms with Crippen LogP contribution in [-0.4, -0.2) is 9.97 Å². The maximum atomic E-state index is 5.97. The van der Waals surface area contributed by atoms with Gasteiger partial charge in [-0.3, -0.25) is 4.98 Å². The van der Waals surface area contributed by atoms with Crippen LogP contribution in [0, 0.1) is 0 Å². The van der Waals surface area contributed by atoms with E-state index in [0.717, 1.165) is 27.6 Å². The minimum Gasteiger partial charge on any atom is -0.349 e. The van der Waals surface area contributed by atoms with Crippen molar-refractivity contribution in [1.29, 1.82) is 0 Å². The molecular formula is C16H17N3S. The van der Waals surface area contributed by atoms with E-state index < -0.39 is 0 Å². The Labute approximate surface area is 122 Å². The van der Waals surface area contributed by atoms with Crippen molar-refractivity contribution in [1.82, 2.24) is 9.97 Å². The average Bonchev–Trinajstić information content (AvgIpc) is 2.89. The molecule has 0 aliphatic rings. The summed E-state index contributed by atoms with van der Waals surface area (Å²) in [5.74, 6) is 0. The van der Waals surface area contributed by atoms with Gasteiger partial charge in [-0.2, -0.15) is 0 Å². The van der Waals surface area contributed by atoms with Crippen molar-refractivity contribution in [2.45, 2.75) is 29.3 Å². The lowest BCUT2D eigenvalue weighted by Gasteiger charge is -2.08. The molecule has 2 heterocycles. The Morgan fingerprint density at radius 3 is 2.80 bits per heavy atom. The summed E-state index contributed by atoms with van der Waals surface area (Å²) in [6.07, 6.45) is 2.79. The summed E-state index contributed by atoms with van der Waals surface area (Å²) in [7, 11) is 0. The number of nitrogens with one attached hydrogen (secondary N) is 1. The third-order valence-electron chi connectivity index (χ3n) is 3.31. The first-order chi connectivity index (χ1) is 9.76. The number of pyridine rings is 1. The molecule has 2 aromatic heterocycles. The highest BCUT2D eigenvalue weighted by Crippen LogP contribution is 2.29. The van der Waals surface area contributed by atoms with E-state index in [1.165, 1.54) is 5.39 Å². The Kier molecular flexibility index (Phi) is 3.76. The molecule has 0 unspecified atom stereocenters. The summed E-state index contributed by atoms with van der Waals surface area (Å²) >= 11 is 1.68. The number of H-pyrrole nitrogens is 1. The Morgan fingerprint density at radius 2 is 2.10 bits per heavy atom. The van der Waals surface area contributed by atoms with Gasteiger partial charge in [-0.15, -0.1) is 0 Å².